The Hall–Kier alpha value is -2.80. The molecule has 0 unspecified atom stereocenters. The van der Waals surface area contributed by atoms with Crippen LogP contribution in [-0.4, -0.2) is 31.8 Å². The Labute approximate surface area is 149 Å². The van der Waals surface area contributed by atoms with Crippen LogP contribution in [0.15, 0.2) is 36.4 Å². The third-order valence-electron chi connectivity index (χ3n) is 3.54. The first-order chi connectivity index (χ1) is 12.1. The quantitative estimate of drug-likeness (QED) is 0.665. The monoisotopic (exact) mass is 358 g/mol. The van der Waals surface area contributed by atoms with Crippen molar-refractivity contribution in [1.29, 1.82) is 0 Å². The number of methoxy groups -OCH3 is 2. The Morgan fingerprint density at radius 3 is 2.56 bits per heavy atom. The van der Waals surface area contributed by atoms with Gasteiger partial charge >= 0.3 is 5.97 Å². The number of hydrogen-bond donors (Lipinski definition) is 1. The molecule has 6 nitrogen and oxygen atoms in total. The van der Waals surface area contributed by atoms with Crippen molar-refractivity contribution in [2.75, 3.05) is 26.1 Å². The van der Waals surface area contributed by atoms with Gasteiger partial charge in [-0.05, 0) is 37.3 Å². The van der Waals surface area contributed by atoms with E-state index in [9.17, 15) is 4.79 Å². The molecule has 2 aromatic carbocycles. The summed E-state index contributed by atoms with van der Waals surface area (Å²) < 4.78 is 16.6. The summed E-state index contributed by atoms with van der Waals surface area (Å²) in [6.07, 6.45) is 0. The molecule has 1 aromatic heterocycles. The van der Waals surface area contributed by atoms with Crippen molar-refractivity contribution in [3.63, 3.8) is 0 Å². The van der Waals surface area contributed by atoms with E-state index in [4.69, 9.17) is 14.2 Å². The molecular weight excluding hydrogens is 340 g/mol. The van der Waals surface area contributed by atoms with Crippen LogP contribution < -0.4 is 14.8 Å². The zero-order valence-corrected chi connectivity index (χ0v) is 15.0. The lowest BCUT2D eigenvalue weighted by Gasteiger charge is -2.04. The molecule has 7 heteroatoms. The standard InChI is InChI=1S/C18H18N2O4S/c1-4-24-17(21)11-5-7-12(8-6-11)19-18-20-16-14(23-3)9-13(22-2)10-15(16)25-18/h5-10H,4H2,1-3H3,(H,19,20). The lowest BCUT2D eigenvalue weighted by atomic mass is 10.2. The zero-order valence-electron chi connectivity index (χ0n) is 14.2. The molecule has 1 N–H and O–H groups in total. The number of rotatable bonds is 6. The summed E-state index contributed by atoms with van der Waals surface area (Å²) in [5.41, 5.74) is 2.13. The third kappa shape index (κ3) is 3.66. The molecule has 0 spiro atoms. The number of anilines is 2. The number of thiazole rings is 1. The van der Waals surface area contributed by atoms with E-state index in [2.05, 4.69) is 10.3 Å². The minimum Gasteiger partial charge on any atom is -0.497 e. The minimum absolute atomic E-state index is 0.328. The summed E-state index contributed by atoms with van der Waals surface area (Å²) in [5, 5.41) is 3.97. The fraction of sp³-hybridized carbons (Fsp3) is 0.222. The van der Waals surface area contributed by atoms with Crippen LogP contribution in [0.25, 0.3) is 10.2 Å². The van der Waals surface area contributed by atoms with Crippen molar-refractivity contribution in [2.24, 2.45) is 0 Å². The van der Waals surface area contributed by atoms with E-state index in [0.717, 1.165) is 26.8 Å². The average molecular weight is 358 g/mol. The summed E-state index contributed by atoms with van der Waals surface area (Å²) >= 11 is 1.50. The molecule has 0 amide bonds. The normalized spacial score (nSPS) is 10.5. The van der Waals surface area contributed by atoms with Gasteiger partial charge in [0, 0.05) is 11.8 Å². The highest BCUT2D eigenvalue weighted by molar-refractivity contribution is 7.22. The van der Waals surface area contributed by atoms with Crippen molar-refractivity contribution in [3.8, 4) is 11.5 Å². The second-order valence-electron chi connectivity index (χ2n) is 5.12. The van der Waals surface area contributed by atoms with Gasteiger partial charge in [0.05, 0.1) is 31.1 Å². The number of hydrogen-bond acceptors (Lipinski definition) is 7. The topological polar surface area (TPSA) is 69.7 Å². The van der Waals surface area contributed by atoms with Gasteiger partial charge < -0.3 is 19.5 Å². The molecule has 0 bridgehead atoms. The summed E-state index contributed by atoms with van der Waals surface area (Å²) in [4.78, 5) is 16.3. The van der Waals surface area contributed by atoms with Crippen molar-refractivity contribution in [1.82, 2.24) is 4.98 Å². The van der Waals surface area contributed by atoms with Gasteiger partial charge in [0.15, 0.2) is 5.13 Å². The lowest BCUT2D eigenvalue weighted by Crippen LogP contribution is -2.04. The van der Waals surface area contributed by atoms with Gasteiger partial charge in [0.25, 0.3) is 0 Å². The Kier molecular flexibility index (Phi) is 5.04. The molecule has 0 atom stereocenters. The predicted octanol–water partition coefficient (Wildman–Crippen LogP) is 4.23. The number of nitrogens with one attached hydrogen (secondary N) is 1. The fourth-order valence-corrected chi connectivity index (χ4v) is 3.26. The van der Waals surface area contributed by atoms with Gasteiger partial charge in [-0.1, -0.05) is 11.3 Å². The smallest absolute Gasteiger partial charge is 0.338 e. The fourth-order valence-electron chi connectivity index (χ4n) is 2.33. The molecule has 0 aliphatic heterocycles. The molecule has 0 fully saturated rings. The second kappa shape index (κ2) is 7.40. The van der Waals surface area contributed by atoms with Gasteiger partial charge in [-0.3, -0.25) is 0 Å². The van der Waals surface area contributed by atoms with E-state index in [1.165, 1.54) is 11.3 Å². The molecular formula is C18H18N2O4S. The average Bonchev–Trinajstić information content (AvgIpc) is 3.03. The molecule has 0 saturated heterocycles. The molecule has 0 aliphatic carbocycles. The largest absolute Gasteiger partial charge is 0.497 e. The van der Waals surface area contributed by atoms with Gasteiger partial charge in [-0.15, -0.1) is 0 Å². The van der Waals surface area contributed by atoms with Crippen LogP contribution >= 0.6 is 11.3 Å². The highest BCUT2D eigenvalue weighted by atomic mass is 32.1. The number of esters is 1. The van der Waals surface area contributed by atoms with Crippen LogP contribution in [0.5, 0.6) is 11.5 Å². The molecule has 0 radical (unpaired) electrons. The molecule has 3 aromatic rings. The Morgan fingerprint density at radius 2 is 1.92 bits per heavy atom. The van der Waals surface area contributed by atoms with Gasteiger partial charge in [-0.25, -0.2) is 9.78 Å². The number of fused-ring (bicyclic) bond motifs is 1. The molecule has 1 heterocycles. The van der Waals surface area contributed by atoms with Crippen molar-refractivity contribution >= 4 is 38.3 Å². The number of carbonyl (C=O) groups is 1. The first-order valence-corrected chi connectivity index (χ1v) is 8.53. The van der Waals surface area contributed by atoms with E-state index < -0.39 is 0 Å². The highest BCUT2D eigenvalue weighted by Gasteiger charge is 2.12. The first-order valence-electron chi connectivity index (χ1n) is 7.71. The van der Waals surface area contributed by atoms with E-state index >= 15 is 0 Å². The van der Waals surface area contributed by atoms with E-state index in [0.29, 0.717) is 17.9 Å². The van der Waals surface area contributed by atoms with E-state index in [1.54, 1.807) is 39.3 Å². The van der Waals surface area contributed by atoms with Crippen LogP contribution in [0.1, 0.15) is 17.3 Å². The van der Waals surface area contributed by atoms with Crippen molar-refractivity contribution in [2.45, 2.75) is 6.92 Å². The maximum absolute atomic E-state index is 11.7. The summed E-state index contributed by atoms with van der Waals surface area (Å²) in [5.74, 6) is 1.06. The van der Waals surface area contributed by atoms with E-state index in [-0.39, 0.29) is 5.97 Å². The Bertz CT molecular complexity index is 890. The second-order valence-corrected chi connectivity index (χ2v) is 6.15. The van der Waals surface area contributed by atoms with Crippen LogP contribution in [0.3, 0.4) is 0 Å². The maximum Gasteiger partial charge on any atom is 0.338 e. The summed E-state index contributed by atoms with van der Waals surface area (Å²) in [6, 6.07) is 10.8. The maximum atomic E-state index is 11.7. The SMILES string of the molecule is CCOC(=O)c1ccc(Nc2nc3c(OC)cc(OC)cc3s2)cc1. The Morgan fingerprint density at radius 1 is 1.16 bits per heavy atom. The number of benzene rings is 2. The van der Waals surface area contributed by atoms with Crippen LogP contribution in [0, 0.1) is 0 Å². The highest BCUT2D eigenvalue weighted by Crippen LogP contribution is 2.37. The molecule has 3 rings (SSSR count). The van der Waals surface area contributed by atoms with Gasteiger partial charge in [0.2, 0.25) is 0 Å². The minimum atomic E-state index is -0.328. The van der Waals surface area contributed by atoms with Crippen LogP contribution in [0.2, 0.25) is 0 Å². The molecule has 0 saturated carbocycles. The summed E-state index contributed by atoms with van der Waals surface area (Å²) in [6.45, 7) is 2.14. The van der Waals surface area contributed by atoms with Gasteiger partial charge in [-0.2, -0.15) is 0 Å². The Balaban J connectivity index is 1.84. The molecule has 130 valence electrons. The molecule has 25 heavy (non-hydrogen) atoms. The number of nitrogens with zero attached hydrogens (tertiary/aromatic N) is 1. The molecule has 0 aliphatic rings. The number of ether oxygens (including phenoxy) is 3. The number of carbonyl (C=O) groups excluding carboxylic acids is 1. The van der Waals surface area contributed by atoms with Crippen molar-refractivity contribution < 1.29 is 19.0 Å². The zero-order chi connectivity index (χ0) is 17.8. The summed E-state index contributed by atoms with van der Waals surface area (Å²) in [7, 11) is 3.22. The van der Waals surface area contributed by atoms with Crippen LogP contribution in [-0.2, 0) is 4.74 Å². The lowest BCUT2D eigenvalue weighted by molar-refractivity contribution is 0.0526. The van der Waals surface area contributed by atoms with Crippen molar-refractivity contribution in [3.05, 3.63) is 42.0 Å². The predicted molar refractivity (Wildman–Crippen MR) is 98.4 cm³/mol. The third-order valence-corrected chi connectivity index (χ3v) is 4.45. The van der Waals surface area contributed by atoms with E-state index in [1.807, 2.05) is 18.2 Å². The van der Waals surface area contributed by atoms with Gasteiger partial charge in [0.1, 0.15) is 17.0 Å². The number of aromatic nitrogens is 1. The van der Waals surface area contributed by atoms with Crippen LogP contribution in [0.4, 0.5) is 10.8 Å². The first kappa shape index (κ1) is 17.0.